The van der Waals surface area contributed by atoms with Crippen LogP contribution < -0.4 is 4.90 Å². The minimum Gasteiger partial charge on any atom is -0.372 e. The second kappa shape index (κ2) is 6.49. The largest absolute Gasteiger partial charge is 0.372 e. The first kappa shape index (κ1) is 12.1. The molecule has 0 fully saturated rings. The summed E-state index contributed by atoms with van der Waals surface area (Å²) >= 11 is 0. The first-order valence-corrected chi connectivity index (χ1v) is 6.09. The molecule has 0 aliphatic rings. The molecule has 15 heavy (non-hydrogen) atoms. The van der Waals surface area contributed by atoms with Crippen LogP contribution in [0.3, 0.4) is 0 Å². The van der Waals surface area contributed by atoms with Crippen molar-refractivity contribution in [2.45, 2.75) is 40.0 Å². The van der Waals surface area contributed by atoms with E-state index in [2.05, 4.69) is 49.9 Å². The topological polar surface area (TPSA) is 3.24 Å². The van der Waals surface area contributed by atoms with Gasteiger partial charge >= 0.3 is 0 Å². The fourth-order valence-electron chi connectivity index (χ4n) is 1.85. The lowest BCUT2D eigenvalue weighted by molar-refractivity contribution is 0.685. The van der Waals surface area contributed by atoms with Gasteiger partial charge in [0.1, 0.15) is 0 Å². The van der Waals surface area contributed by atoms with Crippen molar-refractivity contribution in [1.82, 2.24) is 0 Å². The standard InChI is InChI=1S/C14H23N/c1-4-6-7-11-15(5-2)14-10-8-9-13(3)12-14/h8-10,12H,4-7,11H2,1-3H3. The van der Waals surface area contributed by atoms with E-state index in [9.17, 15) is 0 Å². The molecule has 0 bridgehead atoms. The zero-order valence-corrected chi connectivity index (χ0v) is 10.3. The van der Waals surface area contributed by atoms with Crippen LogP contribution in [0, 0.1) is 6.92 Å². The summed E-state index contributed by atoms with van der Waals surface area (Å²) in [6.45, 7) is 8.93. The lowest BCUT2D eigenvalue weighted by Crippen LogP contribution is -2.23. The monoisotopic (exact) mass is 205 g/mol. The quantitative estimate of drug-likeness (QED) is 0.634. The predicted molar refractivity (Wildman–Crippen MR) is 68.6 cm³/mol. The molecule has 0 amide bonds. The van der Waals surface area contributed by atoms with E-state index in [-0.39, 0.29) is 0 Å². The van der Waals surface area contributed by atoms with E-state index >= 15 is 0 Å². The Hall–Kier alpha value is -0.980. The third-order valence-electron chi connectivity index (χ3n) is 2.78. The second-order valence-corrected chi connectivity index (χ2v) is 4.13. The number of nitrogens with zero attached hydrogens (tertiary/aromatic N) is 1. The Labute approximate surface area is 94.1 Å². The van der Waals surface area contributed by atoms with E-state index in [4.69, 9.17) is 0 Å². The van der Waals surface area contributed by atoms with Crippen LogP contribution in [0.25, 0.3) is 0 Å². The Morgan fingerprint density at radius 1 is 1.13 bits per heavy atom. The second-order valence-electron chi connectivity index (χ2n) is 4.13. The van der Waals surface area contributed by atoms with Gasteiger partial charge in [0.05, 0.1) is 0 Å². The van der Waals surface area contributed by atoms with Gasteiger partial charge in [-0.25, -0.2) is 0 Å². The maximum Gasteiger partial charge on any atom is 0.0368 e. The van der Waals surface area contributed by atoms with Gasteiger partial charge in [-0.3, -0.25) is 0 Å². The molecule has 84 valence electrons. The van der Waals surface area contributed by atoms with Crippen molar-refractivity contribution in [3.8, 4) is 0 Å². The third kappa shape index (κ3) is 3.94. The molecular weight excluding hydrogens is 182 g/mol. The molecule has 1 aromatic rings. The van der Waals surface area contributed by atoms with E-state index < -0.39 is 0 Å². The van der Waals surface area contributed by atoms with Gasteiger partial charge < -0.3 is 4.90 Å². The minimum atomic E-state index is 1.10. The maximum atomic E-state index is 2.46. The number of unbranched alkanes of at least 4 members (excludes halogenated alkanes) is 2. The molecule has 0 aromatic heterocycles. The van der Waals surface area contributed by atoms with Crippen molar-refractivity contribution in [3.63, 3.8) is 0 Å². The smallest absolute Gasteiger partial charge is 0.0368 e. The molecule has 1 rings (SSSR count). The van der Waals surface area contributed by atoms with Gasteiger partial charge in [0.15, 0.2) is 0 Å². The number of hydrogen-bond donors (Lipinski definition) is 0. The summed E-state index contributed by atoms with van der Waals surface area (Å²) in [7, 11) is 0. The van der Waals surface area contributed by atoms with Gasteiger partial charge in [0.25, 0.3) is 0 Å². The molecule has 0 atom stereocenters. The van der Waals surface area contributed by atoms with Crippen LogP contribution in [-0.2, 0) is 0 Å². The summed E-state index contributed by atoms with van der Waals surface area (Å²) in [5.41, 5.74) is 2.72. The maximum absolute atomic E-state index is 2.46. The molecule has 0 radical (unpaired) electrons. The summed E-state index contributed by atoms with van der Waals surface area (Å²) < 4.78 is 0. The van der Waals surface area contributed by atoms with Crippen LogP contribution in [0.4, 0.5) is 5.69 Å². The fraction of sp³-hybridized carbons (Fsp3) is 0.571. The molecule has 1 aromatic carbocycles. The zero-order chi connectivity index (χ0) is 11.1. The zero-order valence-electron chi connectivity index (χ0n) is 10.3. The highest BCUT2D eigenvalue weighted by atomic mass is 15.1. The number of benzene rings is 1. The summed E-state index contributed by atoms with van der Waals surface area (Å²) in [5, 5.41) is 0. The predicted octanol–water partition coefficient (Wildman–Crippen LogP) is 4.01. The normalized spacial score (nSPS) is 10.3. The van der Waals surface area contributed by atoms with E-state index in [0.717, 1.165) is 6.54 Å². The van der Waals surface area contributed by atoms with Crippen molar-refractivity contribution >= 4 is 5.69 Å². The summed E-state index contributed by atoms with van der Waals surface area (Å²) in [5.74, 6) is 0. The molecule has 0 unspecified atom stereocenters. The molecule has 0 aliphatic heterocycles. The van der Waals surface area contributed by atoms with Crippen LogP contribution in [0.2, 0.25) is 0 Å². The van der Waals surface area contributed by atoms with Gasteiger partial charge in [0, 0.05) is 18.8 Å². The molecule has 0 saturated heterocycles. The van der Waals surface area contributed by atoms with Gasteiger partial charge in [-0.15, -0.1) is 0 Å². The van der Waals surface area contributed by atoms with E-state index in [1.54, 1.807) is 0 Å². The van der Waals surface area contributed by atoms with Gasteiger partial charge in [-0.05, 0) is 38.0 Å². The molecule has 0 aliphatic carbocycles. The molecule has 0 heterocycles. The van der Waals surface area contributed by atoms with Crippen molar-refractivity contribution in [1.29, 1.82) is 0 Å². The first-order valence-electron chi connectivity index (χ1n) is 6.09. The Bertz CT molecular complexity index is 280. The molecule has 0 saturated carbocycles. The fourth-order valence-corrected chi connectivity index (χ4v) is 1.85. The minimum absolute atomic E-state index is 1.10. The molecule has 1 heteroatoms. The van der Waals surface area contributed by atoms with Crippen molar-refractivity contribution in [2.24, 2.45) is 0 Å². The van der Waals surface area contributed by atoms with Crippen LogP contribution in [0.5, 0.6) is 0 Å². The van der Waals surface area contributed by atoms with Crippen molar-refractivity contribution in [3.05, 3.63) is 29.8 Å². The molecule has 1 nitrogen and oxygen atoms in total. The number of anilines is 1. The Morgan fingerprint density at radius 2 is 1.93 bits per heavy atom. The van der Waals surface area contributed by atoms with E-state index in [1.807, 2.05) is 0 Å². The summed E-state index contributed by atoms with van der Waals surface area (Å²) in [4.78, 5) is 2.46. The van der Waals surface area contributed by atoms with E-state index in [1.165, 1.54) is 37.1 Å². The van der Waals surface area contributed by atoms with Crippen molar-refractivity contribution in [2.75, 3.05) is 18.0 Å². The lowest BCUT2D eigenvalue weighted by atomic mass is 10.2. The van der Waals surface area contributed by atoms with Crippen molar-refractivity contribution < 1.29 is 0 Å². The molecule has 0 N–H and O–H groups in total. The average molecular weight is 205 g/mol. The van der Waals surface area contributed by atoms with E-state index in [0.29, 0.717) is 0 Å². The Kier molecular flexibility index (Phi) is 5.23. The SMILES string of the molecule is CCCCCN(CC)c1cccc(C)c1. The van der Waals surface area contributed by atoms with Crippen LogP contribution >= 0.6 is 0 Å². The first-order chi connectivity index (χ1) is 7.27. The van der Waals surface area contributed by atoms with Gasteiger partial charge in [-0.1, -0.05) is 31.9 Å². The van der Waals surface area contributed by atoms with Crippen LogP contribution in [0.15, 0.2) is 24.3 Å². The van der Waals surface area contributed by atoms with Crippen LogP contribution in [-0.4, -0.2) is 13.1 Å². The molecule has 0 spiro atoms. The Morgan fingerprint density at radius 3 is 2.53 bits per heavy atom. The Balaban J connectivity index is 2.57. The van der Waals surface area contributed by atoms with Gasteiger partial charge in [0.2, 0.25) is 0 Å². The highest BCUT2D eigenvalue weighted by molar-refractivity contribution is 5.48. The molecular formula is C14H23N. The van der Waals surface area contributed by atoms with Gasteiger partial charge in [-0.2, -0.15) is 0 Å². The number of aryl methyl sites for hydroxylation is 1. The van der Waals surface area contributed by atoms with Crippen LogP contribution in [0.1, 0.15) is 38.7 Å². The number of rotatable bonds is 6. The highest BCUT2D eigenvalue weighted by Crippen LogP contribution is 2.16. The summed E-state index contributed by atoms with van der Waals surface area (Å²) in [6.07, 6.45) is 3.94. The summed E-state index contributed by atoms with van der Waals surface area (Å²) in [6, 6.07) is 8.79. The average Bonchev–Trinajstić information content (AvgIpc) is 2.24. The highest BCUT2D eigenvalue weighted by Gasteiger charge is 2.02. The lowest BCUT2D eigenvalue weighted by Gasteiger charge is -2.23. The third-order valence-corrected chi connectivity index (χ3v) is 2.78. The number of hydrogen-bond acceptors (Lipinski definition) is 1.